The molecule has 0 spiro atoms. The standard InChI is InChI=1S/C16H19N3O3/c1-21-13-9-5-2-6-11(13)10-14-18-19-16(22-14)15(20)17-12-7-3-4-8-12/h2,5-6,9,12H,3-4,7-8,10H2,1H3,(H,17,20). The maximum Gasteiger partial charge on any atom is 0.309 e. The molecule has 1 aromatic heterocycles. The van der Waals surface area contributed by atoms with Crippen LogP contribution in [0.15, 0.2) is 28.7 Å². The molecule has 6 nitrogen and oxygen atoms in total. The lowest BCUT2D eigenvalue weighted by Gasteiger charge is -2.08. The second-order valence-electron chi connectivity index (χ2n) is 5.44. The van der Waals surface area contributed by atoms with Crippen molar-refractivity contribution in [3.63, 3.8) is 0 Å². The van der Waals surface area contributed by atoms with E-state index in [4.69, 9.17) is 9.15 Å². The van der Waals surface area contributed by atoms with Crippen LogP contribution in [0, 0.1) is 0 Å². The maximum atomic E-state index is 12.1. The van der Waals surface area contributed by atoms with Gasteiger partial charge in [0, 0.05) is 11.6 Å². The van der Waals surface area contributed by atoms with Gasteiger partial charge in [-0.25, -0.2) is 0 Å². The summed E-state index contributed by atoms with van der Waals surface area (Å²) in [6, 6.07) is 7.86. The molecule has 1 aliphatic rings. The Balaban J connectivity index is 1.66. The number of hydrogen-bond acceptors (Lipinski definition) is 5. The second-order valence-corrected chi connectivity index (χ2v) is 5.44. The van der Waals surface area contributed by atoms with Crippen molar-refractivity contribution in [2.45, 2.75) is 38.1 Å². The SMILES string of the molecule is COc1ccccc1Cc1nnc(C(=O)NC2CCCC2)o1. The van der Waals surface area contributed by atoms with E-state index in [1.165, 1.54) is 0 Å². The first kappa shape index (κ1) is 14.6. The minimum absolute atomic E-state index is 0.0248. The number of nitrogens with one attached hydrogen (secondary N) is 1. The minimum atomic E-state index is -0.286. The van der Waals surface area contributed by atoms with Crippen molar-refractivity contribution >= 4 is 5.91 Å². The molecule has 0 radical (unpaired) electrons. The monoisotopic (exact) mass is 301 g/mol. The van der Waals surface area contributed by atoms with Crippen molar-refractivity contribution < 1.29 is 13.9 Å². The van der Waals surface area contributed by atoms with Gasteiger partial charge in [-0.15, -0.1) is 10.2 Å². The zero-order chi connectivity index (χ0) is 15.4. The number of amides is 1. The average Bonchev–Trinajstić information content (AvgIpc) is 3.19. The number of ether oxygens (including phenoxy) is 1. The normalized spacial score (nSPS) is 15.0. The fourth-order valence-electron chi connectivity index (χ4n) is 2.75. The van der Waals surface area contributed by atoms with E-state index in [1.807, 2.05) is 24.3 Å². The lowest BCUT2D eigenvalue weighted by Crippen LogP contribution is -2.32. The summed E-state index contributed by atoms with van der Waals surface area (Å²) in [5.74, 6) is 0.904. The van der Waals surface area contributed by atoms with Crippen LogP contribution in [0.4, 0.5) is 0 Å². The fourth-order valence-corrected chi connectivity index (χ4v) is 2.75. The molecule has 0 aliphatic heterocycles. The zero-order valence-corrected chi connectivity index (χ0v) is 12.5. The smallest absolute Gasteiger partial charge is 0.309 e. The van der Waals surface area contributed by atoms with Gasteiger partial charge in [0.25, 0.3) is 0 Å². The van der Waals surface area contributed by atoms with Crippen molar-refractivity contribution in [1.82, 2.24) is 15.5 Å². The molecule has 116 valence electrons. The number of rotatable bonds is 5. The van der Waals surface area contributed by atoms with Crippen LogP contribution in [0.5, 0.6) is 5.75 Å². The number of hydrogen-bond donors (Lipinski definition) is 1. The lowest BCUT2D eigenvalue weighted by atomic mass is 10.1. The maximum absolute atomic E-state index is 12.1. The van der Waals surface area contributed by atoms with Crippen LogP contribution in [0.3, 0.4) is 0 Å². The predicted octanol–water partition coefficient (Wildman–Crippen LogP) is 2.34. The number of aromatic nitrogens is 2. The summed E-state index contributed by atoms with van der Waals surface area (Å²) in [6.07, 6.45) is 4.80. The Labute approximate surface area is 128 Å². The van der Waals surface area contributed by atoms with E-state index < -0.39 is 0 Å². The number of nitrogens with zero attached hydrogens (tertiary/aromatic N) is 2. The number of benzene rings is 1. The molecule has 0 unspecified atom stereocenters. The van der Waals surface area contributed by atoms with Crippen LogP contribution in [-0.2, 0) is 6.42 Å². The van der Waals surface area contributed by atoms with Gasteiger partial charge in [-0.1, -0.05) is 31.0 Å². The molecular formula is C16H19N3O3. The second kappa shape index (κ2) is 6.60. The highest BCUT2D eigenvalue weighted by Gasteiger charge is 2.21. The van der Waals surface area contributed by atoms with Crippen LogP contribution in [0.1, 0.15) is 47.8 Å². The van der Waals surface area contributed by atoms with Gasteiger partial charge >= 0.3 is 11.8 Å². The molecule has 1 aromatic carbocycles. The van der Waals surface area contributed by atoms with E-state index in [0.717, 1.165) is 37.0 Å². The van der Waals surface area contributed by atoms with E-state index in [0.29, 0.717) is 12.3 Å². The summed E-state index contributed by atoms with van der Waals surface area (Å²) in [4.78, 5) is 12.1. The van der Waals surface area contributed by atoms with Gasteiger partial charge in [-0.05, 0) is 18.9 Å². The third kappa shape index (κ3) is 3.27. The molecule has 1 saturated carbocycles. The molecule has 0 atom stereocenters. The first-order valence-corrected chi connectivity index (χ1v) is 7.51. The summed E-state index contributed by atoms with van der Waals surface area (Å²) in [5, 5.41) is 10.7. The highest BCUT2D eigenvalue weighted by Crippen LogP contribution is 2.21. The van der Waals surface area contributed by atoms with Crippen LogP contribution in [0.2, 0.25) is 0 Å². The molecule has 6 heteroatoms. The van der Waals surface area contributed by atoms with Crippen molar-refractivity contribution in [3.05, 3.63) is 41.6 Å². The molecule has 2 aromatic rings. The van der Waals surface area contributed by atoms with Crippen molar-refractivity contribution in [1.29, 1.82) is 0 Å². The van der Waals surface area contributed by atoms with Gasteiger partial charge in [-0.2, -0.15) is 0 Å². The molecule has 1 heterocycles. The largest absolute Gasteiger partial charge is 0.496 e. The molecule has 1 aliphatic carbocycles. The molecular weight excluding hydrogens is 282 g/mol. The molecule has 22 heavy (non-hydrogen) atoms. The third-order valence-corrected chi connectivity index (χ3v) is 3.89. The van der Waals surface area contributed by atoms with Crippen molar-refractivity contribution in [3.8, 4) is 5.75 Å². The molecule has 3 rings (SSSR count). The van der Waals surface area contributed by atoms with Gasteiger partial charge in [0.15, 0.2) is 0 Å². The number of carbonyl (C=O) groups is 1. The van der Waals surface area contributed by atoms with Gasteiger partial charge in [0.1, 0.15) is 5.75 Å². The quantitative estimate of drug-likeness (QED) is 0.917. The Bertz CT molecular complexity index is 648. The van der Waals surface area contributed by atoms with Crippen LogP contribution in [0.25, 0.3) is 0 Å². The molecule has 1 N–H and O–H groups in total. The van der Waals surface area contributed by atoms with Gasteiger partial charge in [-0.3, -0.25) is 4.79 Å². The Morgan fingerprint density at radius 2 is 2.09 bits per heavy atom. The van der Waals surface area contributed by atoms with E-state index in [9.17, 15) is 4.79 Å². The van der Waals surface area contributed by atoms with Gasteiger partial charge < -0.3 is 14.5 Å². The highest BCUT2D eigenvalue weighted by molar-refractivity contribution is 5.89. The van der Waals surface area contributed by atoms with E-state index in [1.54, 1.807) is 7.11 Å². The predicted molar refractivity (Wildman–Crippen MR) is 79.8 cm³/mol. The van der Waals surface area contributed by atoms with E-state index >= 15 is 0 Å². The number of methoxy groups -OCH3 is 1. The average molecular weight is 301 g/mol. The first-order chi connectivity index (χ1) is 10.8. The highest BCUT2D eigenvalue weighted by atomic mass is 16.5. The summed E-state index contributed by atoms with van der Waals surface area (Å²) < 4.78 is 10.8. The fraction of sp³-hybridized carbons (Fsp3) is 0.438. The minimum Gasteiger partial charge on any atom is -0.496 e. The topological polar surface area (TPSA) is 77.2 Å². The summed E-state index contributed by atoms with van der Waals surface area (Å²) in [6.45, 7) is 0. The van der Waals surface area contributed by atoms with Crippen LogP contribution >= 0.6 is 0 Å². The van der Waals surface area contributed by atoms with E-state index in [2.05, 4.69) is 15.5 Å². The Morgan fingerprint density at radius 1 is 1.32 bits per heavy atom. The van der Waals surface area contributed by atoms with Crippen molar-refractivity contribution in [2.75, 3.05) is 7.11 Å². The number of para-hydroxylation sites is 1. The van der Waals surface area contributed by atoms with Crippen LogP contribution < -0.4 is 10.1 Å². The molecule has 0 saturated heterocycles. The zero-order valence-electron chi connectivity index (χ0n) is 12.5. The third-order valence-electron chi connectivity index (χ3n) is 3.89. The van der Waals surface area contributed by atoms with E-state index in [-0.39, 0.29) is 17.8 Å². The summed E-state index contributed by atoms with van der Waals surface area (Å²) in [7, 11) is 1.62. The van der Waals surface area contributed by atoms with Crippen molar-refractivity contribution in [2.24, 2.45) is 0 Å². The number of carbonyl (C=O) groups excluding carboxylic acids is 1. The Kier molecular flexibility index (Phi) is 4.37. The summed E-state index contributed by atoms with van der Waals surface area (Å²) >= 11 is 0. The van der Waals surface area contributed by atoms with Gasteiger partial charge in [0.2, 0.25) is 5.89 Å². The molecule has 1 amide bonds. The lowest BCUT2D eigenvalue weighted by molar-refractivity contribution is 0.0901. The first-order valence-electron chi connectivity index (χ1n) is 7.51. The van der Waals surface area contributed by atoms with Crippen LogP contribution in [-0.4, -0.2) is 29.3 Å². The Morgan fingerprint density at radius 3 is 2.86 bits per heavy atom. The molecule has 1 fully saturated rings. The molecule has 0 bridgehead atoms. The summed E-state index contributed by atoms with van der Waals surface area (Å²) in [5.41, 5.74) is 0.941. The Hall–Kier alpha value is -2.37. The van der Waals surface area contributed by atoms with Gasteiger partial charge in [0.05, 0.1) is 13.5 Å².